The van der Waals surface area contributed by atoms with E-state index in [2.05, 4.69) is 31.2 Å². The molecule has 0 radical (unpaired) electrons. The van der Waals surface area contributed by atoms with Crippen LogP contribution in [-0.2, 0) is 18.6 Å². The maximum atomic E-state index is 2.33. The van der Waals surface area contributed by atoms with Crippen molar-refractivity contribution >= 4 is 0 Å². The molecule has 0 aliphatic heterocycles. The Hall–Kier alpha value is 0.168. The van der Waals surface area contributed by atoms with E-state index in [4.69, 9.17) is 0 Å². The zero-order chi connectivity index (χ0) is 6.53. The first kappa shape index (κ1) is 7.28. The monoisotopic (exact) mass is 206 g/mol. The number of hydrogen-bond acceptors (Lipinski definition) is 0. The van der Waals surface area contributed by atoms with Gasteiger partial charge in [-0.1, -0.05) is 0 Å². The normalized spacial score (nSPS) is 17.4. The van der Waals surface area contributed by atoms with Crippen LogP contribution in [0.2, 0.25) is 9.12 Å². The van der Waals surface area contributed by atoms with Crippen LogP contribution in [0.25, 0.3) is 0 Å². The molecular weight excluding hydrogens is 192 g/mol. The molecule has 0 aromatic heterocycles. The molecular formula is C8H12Mo. The van der Waals surface area contributed by atoms with Gasteiger partial charge in [-0.3, -0.25) is 0 Å². The molecule has 0 fully saturated rings. The predicted octanol–water partition coefficient (Wildman–Crippen LogP) is 2.81. The second kappa shape index (κ2) is 4.06. The summed E-state index contributed by atoms with van der Waals surface area (Å²) < 4.78 is 0.885. The molecule has 0 aromatic carbocycles. The van der Waals surface area contributed by atoms with E-state index in [9.17, 15) is 0 Å². The SMILES string of the molecule is CC[CH2][Mo][CH]1C=CC=C1. The van der Waals surface area contributed by atoms with E-state index in [1.54, 1.807) is 0 Å². The molecule has 0 nitrogen and oxygen atoms in total. The first-order valence-corrected chi connectivity index (χ1v) is 5.98. The maximum absolute atomic E-state index is 2.33. The Kier molecular flexibility index (Phi) is 3.28. The van der Waals surface area contributed by atoms with E-state index >= 15 is 0 Å². The molecule has 0 aromatic rings. The van der Waals surface area contributed by atoms with Crippen molar-refractivity contribution in [3.8, 4) is 0 Å². The Morgan fingerprint density at radius 2 is 2.00 bits per heavy atom. The van der Waals surface area contributed by atoms with Gasteiger partial charge in [0, 0.05) is 0 Å². The van der Waals surface area contributed by atoms with E-state index in [0.29, 0.717) is 0 Å². The van der Waals surface area contributed by atoms with Crippen molar-refractivity contribution in [1.29, 1.82) is 0 Å². The van der Waals surface area contributed by atoms with Gasteiger partial charge in [-0.2, -0.15) is 0 Å². The van der Waals surface area contributed by atoms with Crippen molar-refractivity contribution in [2.75, 3.05) is 0 Å². The summed E-state index contributed by atoms with van der Waals surface area (Å²) >= 11 is 0.286. The third-order valence-corrected chi connectivity index (χ3v) is 4.53. The standard InChI is InChI=1S/C5H5.C3H7.Mo/c1-2-4-5-3-1;1-3-2;/h1-5H;1,3H2,2H3;. The number of rotatable bonds is 3. The van der Waals surface area contributed by atoms with E-state index < -0.39 is 0 Å². The molecule has 0 saturated carbocycles. The molecule has 0 saturated heterocycles. The second-order valence-corrected chi connectivity index (χ2v) is 5.27. The molecule has 0 atom stereocenters. The van der Waals surface area contributed by atoms with Crippen LogP contribution in [0.1, 0.15) is 13.3 Å². The van der Waals surface area contributed by atoms with Crippen molar-refractivity contribution in [3.63, 3.8) is 0 Å². The van der Waals surface area contributed by atoms with Crippen LogP contribution < -0.4 is 0 Å². The van der Waals surface area contributed by atoms with Crippen molar-refractivity contribution < 1.29 is 18.6 Å². The molecule has 1 aliphatic carbocycles. The van der Waals surface area contributed by atoms with E-state index in [0.717, 1.165) is 4.31 Å². The Bertz CT molecular complexity index is 113. The van der Waals surface area contributed by atoms with Gasteiger partial charge < -0.3 is 0 Å². The van der Waals surface area contributed by atoms with Crippen LogP contribution >= 0.6 is 0 Å². The van der Waals surface area contributed by atoms with E-state index in [-0.39, 0.29) is 18.6 Å². The fraction of sp³-hybridized carbons (Fsp3) is 0.500. The van der Waals surface area contributed by atoms with Crippen LogP contribution in [0.15, 0.2) is 24.3 Å². The van der Waals surface area contributed by atoms with Crippen LogP contribution in [0.5, 0.6) is 0 Å². The number of hydrogen-bond donors (Lipinski definition) is 0. The molecule has 0 heterocycles. The molecule has 1 heteroatoms. The van der Waals surface area contributed by atoms with Gasteiger partial charge in [-0.15, -0.1) is 0 Å². The first-order valence-electron chi connectivity index (χ1n) is 3.40. The van der Waals surface area contributed by atoms with Crippen molar-refractivity contribution in [1.82, 2.24) is 0 Å². The second-order valence-electron chi connectivity index (χ2n) is 2.11. The zero-order valence-electron chi connectivity index (χ0n) is 5.71. The zero-order valence-corrected chi connectivity index (χ0v) is 7.72. The van der Waals surface area contributed by atoms with Crippen LogP contribution in [0, 0.1) is 0 Å². The summed E-state index contributed by atoms with van der Waals surface area (Å²) in [5.74, 6) is 0. The predicted molar refractivity (Wildman–Crippen MR) is 37.1 cm³/mol. The quantitative estimate of drug-likeness (QED) is 0.620. The van der Waals surface area contributed by atoms with Gasteiger partial charge >= 0.3 is 65.3 Å². The van der Waals surface area contributed by atoms with E-state index in [1.807, 2.05) is 0 Å². The van der Waals surface area contributed by atoms with Crippen LogP contribution in [-0.4, -0.2) is 0 Å². The fourth-order valence-corrected chi connectivity index (χ4v) is 3.02. The van der Waals surface area contributed by atoms with Gasteiger partial charge in [0.05, 0.1) is 0 Å². The molecule has 0 unspecified atom stereocenters. The Balaban J connectivity index is 2.13. The third-order valence-electron chi connectivity index (χ3n) is 1.23. The van der Waals surface area contributed by atoms with Crippen molar-refractivity contribution in [3.05, 3.63) is 24.3 Å². The van der Waals surface area contributed by atoms with Gasteiger partial charge in [0.2, 0.25) is 0 Å². The average Bonchev–Trinajstić information content (AvgIpc) is 2.34. The van der Waals surface area contributed by atoms with Crippen molar-refractivity contribution in [2.24, 2.45) is 0 Å². The minimum atomic E-state index is 0.286. The molecule has 0 amide bonds. The molecule has 50 valence electrons. The van der Waals surface area contributed by atoms with Crippen LogP contribution in [0.4, 0.5) is 0 Å². The summed E-state index contributed by atoms with van der Waals surface area (Å²) in [5.41, 5.74) is 0. The topological polar surface area (TPSA) is 0 Å². The third kappa shape index (κ3) is 2.49. The summed E-state index contributed by atoms with van der Waals surface area (Å²) in [6, 6.07) is 0. The first-order chi connectivity index (χ1) is 4.43. The van der Waals surface area contributed by atoms with Gasteiger partial charge in [0.15, 0.2) is 0 Å². The molecule has 1 rings (SSSR count). The van der Waals surface area contributed by atoms with Gasteiger partial charge in [-0.25, -0.2) is 0 Å². The minimum absolute atomic E-state index is 0.286. The molecule has 0 bridgehead atoms. The van der Waals surface area contributed by atoms with Crippen molar-refractivity contribution in [2.45, 2.75) is 22.5 Å². The summed E-state index contributed by atoms with van der Waals surface area (Å²) in [5, 5.41) is 0. The van der Waals surface area contributed by atoms with Crippen LogP contribution in [0.3, 0.4) is 0 Å². The van der Waals surface area contributed by atoms with E-state index in [1.165, 1.54) is 11.2 Å². The Morgan fingerprint density at radius 3 is 2.56 bits per heavy atom. The molecule has 0 N–H and O–H groups in total. The number of allylic oxidation sites excluding steroid dienone is 4. The summed E-state index contributed by atoms with van der Waals surface area (Å²) in [6.45, 7) is 2.27. The fourth-order valence-electron chi connectivity index (χ4n) is 0.777. The summed E-state index contributed by atoms with van der Waals surface area (Å²) in [4.78, 5) is 1.49. The molecule has 1 aliphatic rings. The molecule has 0 spiro atoms. The summed E-state index contributed by atoms with van der Waals surface area (Å²) in [7, 11) is 0. The van der Waals surface area contributed by atoms with Gasteiger partial charge in [0.25, 0.3) is 0 Å². The average molecular weight is 204 g/mol. The Morgan fingerprint density at radius 1 is 1.33 bits per heavy atom. The van der Waals surface area contributed by atoms with Gasteiger partial charge in [0.1, 0.15) is 0 Å². The molecule has 9 heavy (non-hydrogen) atoms. The Labute approximate surface area is 65.6 Å². The van der Waals surface area contributed by atoms with Gasteiger partial charge in [-0.05, 0) is 0 Å². The summed E-state index contributed by atoms with van der Waals surface area (Å²) in [6.07, 6.45) is 10.4.